The summed E-state index contributed by atoms with van der Waals surface area (Å²) in [5, 5.41) is 0.720. The minimum Gasteiger partial charge on any atom is -0.383 e. The Morgan fingerprint density at radius 2 is 2.05 bits per heavy atom. The van der Waals surface area contributed by atoms with Gasteiger partial charge in [0.05, 0.1) is 0 Å². The molecule has 0 amide bonds. The van der Waals surface area contributed by atoms with Crippen LogP contribution in [0.25, 0.3) is 11.3 Å². The molecule has 1 heterocycles. The highest BCUT2D eigenvalue weighted by atomic mass is 35.5. The minimum absolute atomic E-state index is 0.550. The Labute approximate surface area is 131 Å². The Kier molecular flexibility index (Phi) is 4.20. The predicted octanol–water partition coefficient (Wildman–Crippen LogP) is 4.85. The smallest absolute Gasteiger partial charge is 0.131 e. The lowest BCUT2D eigenvalue weighted by Gasteiger charge is -2.21. The number of nitrogen functional groups attached to an aromatic ring is 1. The molecule has 4 heteroatoms. The minimum atomic E-state index is 0.550. The first-order valence-corrected chi connectivity index (χ1v) is 8.20. The van der Waals surface area contributed by atoms with Crippen molar-refractivity contribution in [3.8, 4) is 11.3 Å². The van der Waals surface area contributed by atoms with Crippen molar-refractivity contribution < 1.29 is 0 Å². The van der Waals surface area contributed by atoms with Crippen molar-refractivity contribution in [1.29, 1.82) is 0 Å². The number of hydrogen-bond donors (Lipinski definition) is 1. The molecule has 0 unspecified atom stereocenters. The van der Waals surface area contributed by atoms with E-state index in [2.05, 4.69) is 11.5 Å². The summed E-state index contributed by atoms with van der Waals surface area (Å²) in [5.41, 5.74) is 8.24. The van der Waals surface area contributed by atoms with Crippen molar-refractivity contribution in [1.82, 2.24) is 9.55 Å². The third-order valence-corrected chi connectivity index (χ3v) is 4.66. The van der Waals surface area contributed by atoms with E-state index in [9.17, 15) is 0 Å². The number of halogens is 1. The Balaban J connectivity index is 2.04. The van der Waals surface area contributed by atoms with E-state index in [1.807, 2.05) is 24.3 Å². The first kappa shape index (κ1) is 14.5. The van der Waals surface area contributed by atoms with Crippen LogP contribution in [0.5, 0.6) is 0 Å². The van der Waals surface area contributed by atoms with Crippen molar-refractivity contribution in [3.63, 3.8) is 0 Å². The Bertz CT molecular complexity index is 627. The van der Waals surface area contributed by atoms with Gasteiger partial charge in [0.25, 0.3) is 0 Å². The highest BCUT2D eigenvalue weighted by Crippen LogP contribution is 2.36. The molecule has 1 saturated carbocycles. The molecule has 2 aromatic rings. The van der Waals surface area contributed by atoms with Crippen molar-refractivity contribution >= 4 is 17.4 Å². The summed E-state index contributed by atoms with van der Waals surface area (Å²) >= 11 is 6.10. The second kappa shape index (κ2) is 6.10. The van der Waals surface area contributed by atoms with E-state index in [0.29, 0.717) is 5.92 Å². The Hall–Kier alpha value is -1.48. The fraction of sp³-hybridized carbons (Fsp3) is 0.471. The van der Waals surface area contributed by atoms with E-state index in [0.717, 1.165) is 34.5 Å². The monoisotopic (exact) mass is 303 g/mol. The van der Waals surface area contributed by atoms with Crippen LogP contribution in [0.1, 0.15) is 50.8 Å². The number of nitrogens with zero attached hydrogens (tertiary/aromatic N) is 2. The average molecular weight is 304 g/mol. The summed E-state index contributed by atoms with van der Waals surface area (Å²) in [7, 11) is 0. The maximum atomic E-state index is 6.36. The number of anilines is 1. The molecule has 0 atom stereocenters. The molecule has 3 rings (SSSR count). The molecule has 1 aliphatic rings. The summed E-state index contributed by atoms with van der Waals surface area (Å²) in [6, 6.07) is 7.78. The molecule has 0 radical (unpaired) electrons. The number of nitrogens with two attached hydrogens (primary N) is 1. The third kappa shape index (κ3) is 2.80. The largest absolute Gasteiger partial charge is 0.383 e. The second-order valence-corrected chi connectivity index (χ2v) is 6.23. The molecule has 2 N–H and O–H groups in total. The molecule has 1 aromatic heterocycles. The van der Waals surface area contributed by atoms with Crippen LogP contribution >= 0.6 is 11.6 Å². The van der Waals surface area contributed by atoms with E-state index < -0.39 is 0 Å². The van der Waals surface area contributed by atoms with Crippen molar-refractivity contribution in [3.05, 3.63) is 35.1 Å². The predicted molar refractivity (Wildman–Crippen MR) is 88.6 cm³/mol. The van der Waals surface area contributed by atoms with Gasteiger partial charge >= 0.3 is 0 Å². The Morgan fingerprint density at radius 3 is 2.71 bits per heavy atom. The molecule has 0 spiro atoms. The first-order chi connectivity index (χ1) is 10.2. The van der Waals surface area contributed by atoms with E-state index in [1.165, 1.54) is 32.1 Å². The molecule has 112 valence electrons. The van der Waals surface area contributed by atoms with Crippen LogP contribution in [0, 0.1) is 0 Å². The SMILES string of the molecule is CCn1c(C2CCCCC2)nc(-c2cccc(Cl)c2)c1N. The summed E-state index contributed by atoms with van der Waals surface area (Å²) in [6.07, 6.45) is 6.40. The number of aromatic nitrogens is 2. The van der Waals surface area contributed by atoms with Gasteiger partial charge in [-0.2, -0.15) is 0 Å². The first-order valence-electron chi connectivity index (χ1n) is 7.82. The van der Waals surface area contributed by atoms with Crippen LogP contribution in [-0.2, 0) is 6.54 Å². The quantitative estimate of drug-likeness (QED) is 0.880. The zero-order valence-electron chi connectivity index (χ0n) is 12.5. The van der Waals surface area contributed by atoms with Crippen molar-refractivity contribution in [2.24, 2.45) is 0 Å². The number of benzene rings is 1. The lowest BCUT2D eigenvalue weighted by atomic mass is 9.88. The Morgan fingerprint density at radius 1 is 1.29 bits per heavy atom. The highest BCUT2D eigenvalue weighted by Gasteiger charge is 2.24. The normalized spacial score (nSPS) is 16.3. The molecule has 0 bridgehead atoms. The molecular formula is C17H22ClN3. The zero-order valence-corrected chi connectivity index (χ0v) is 13.2. The number of imidazole rings is 1. The van der Waals surface area contributed by atoms with Crippen LogP contribution in [0.2, 0.25) is 5.02 Å². The van der Waals surface area contributed by atoms with Crippen LogP contribution < -0.4 is 5.73 Å². The van der Waals surface area contributed by atoms with Gasteiger partial charge < -0.3 is 10.3 Å². The standard InChI is InChI=1S/C17H22ClN3/c1-2-21-16(19)15(13-9-6-10-14(18)11-13)20-17(21)12-7-4-3-5-8-12/h6,9-12H,2-5,7-8,19H2,1H3. The third-order valence-electron chi connectivity index (χ3n) is 4.42. The van der Waals surface area contributed by atoms with Gasteiger partial charge in [-0.15, -0.1) is 0 Å². The number of hydrogen-bond acceptors (Lipinski definition) is 2. The number of rotatable bonds is 3. The summed E-state index contributed by atoms with van der Waals surface area (Å²) in [4.78, 5) is 4.89. The molecule has 1 aliphatic carbocycles. The fourth-order valence-corrected chi connectivity index (χ4v) is 3.53. The van der Waals surface area contributed by atoms with Gasteiger partial charge in [0, 0.05) is 23.0 Å². The van der Waals surface area contributed by atoms with Crippen LogP contribution in [0.15, 0.2) is 24.3 Å². The van der Waals surface area contributed by atoms with Crippen molar-refractivity contribution in [2.45, 2.75) is 51.5 Å². The topological polar surface area (TPSA) is 43.8 Å². The van der Waals surface area contributed by atoms with Crippen LogP contribution in [0.3, 0.4) is 0 Å². The molecule has 1 fully saturated rings. The average Bonchev–Trinajstić information content (AvgIpc) is 2.85. The lowest BCUT2D eigenvalue weighted by Crippen LogP contribution is -2.12. The summed E-state index contributed by atoms with van der Waals surface area (Å²) in [6.45, 7) is 3.00. The van der Waals surface area contributed by atoms with Crippen LogP contribution in [-0.4, -0.2) is 9.55 Å². The van der Waals surface area contributed by atoms with E-state index in [1.54, 1.807) is 0 Å². The molecule has 0 aliphatic heterocycles. The van der Waals surface area contributed by atoms with E-state index in [4.69, 9.17) is 22.3 Å². The zero-order chi connectivity index (χ0) is 14.8. The van der Waals surface area contributed by atoms with E-state index >= 15 is 0 Å². The molecule has 1 aromatic carbocycles. The second-order valence-electron chi connectivity index (χ2n) is 5.79. The molecule has 21 heavy (non-hydrogen) atoms. The highest BCUT2D eigenvalue weighted by molar-refractivity contribution is 6.30. The van der Waals surface area contributed by atoms with Gasteiger partial charge in [-0.05, 0) is 31.9 Å². The van der Waals surface area contributed by atoms with Crippen molar-refractivity contribution in [2.75, 3.05) is 5.73 Å². The lowest BCUT2D eigenvalue weighted by molar-refractivity contribution is 0.418. The summed E-state index contributed by atoms with van der Waals surface area (Å²) in [5.74, 6) is 2.47. The van der Waals surface area contributed by atoms with Gasteiger partial charge in [0.2, 0.25) is 0 Å². The maximum Gasteiger partial charge on any atom is 0.131 e. The van der Waals surface area contributed by atoms with E-state index in [-0.39, 0.29) is 0 Å². The van der Waals surface area contributed by atoms with Gasteiger partial charge in [0.15, 0.2) is 0 Å². The van der Waals surface area contributed by atoms with Gasteiger partial charge in [-0.25, -0.2) is 4.98 Å². The van der Waals surface area contributed by atoms with Gasteiger partial charge in [-0.3, -0.25) is 0 Å². The fourth-order valence-electron chi connectivity index (χ4n) is 3.34. The van der Waals surface area contributed by atoms with Gasteiger partial charge in [0.1, 0.15) is 17.3 Å². The molecule has 3 nitrogen and oxygen atoms in total. The maximum absolute atomic E-state index is 6.36. The van der Waals surface area contributed by atoms with Gasteiger partial charge in [-0.1, -0.05) is 43.0 Å². The summed E-state index contributed by atoms with van der Waals surface area (Å²) < 4.78 is 2.17. The molecular weight excluding hydrogens is 282 g/mol. The van der Waals surface area contributed by atoms with Crippen LogP contribution in [0.4, 0.5) is 5.82 Å². The molecule has 0 saturated heterocycles.